The predicted octanol–water partition coefficient (Wildman–Crippen LogP) is 4.42. The summed E-state index contributed by atoms with van der Waals surface area (Å²) in [4.78, 5) is 0. The first-order chi connectivity index (χ1) is 6.20. The fourth-order valence-corrected chi connectivity index (χ4v) is 0. The van der Waals surface area contributed by atoms with E-state index in [1.54, 1.807) is 0 Å². The van der Waals surface area contributed by atoms with Crippen LogP contribution in [0.1, 0.15) is 0 Å². The molecule has 0 saturated heterocycles. The third-order valence-corrected chi connectivity index (χ3v) is 0. The second kappa shape index (κ2) is 24.0. The summed E-state index contributed by atoms with van der Waals surface area (Å²) in [6.45, 7) is 20.4. The molecule has 14 heavy (non-hydrogen) atoms. The monoisotopic (exact) mass is 328 g/mol. The van der Waals surface area contributed by atoms with Gasteiger partial charge in [0.25, 0.3) is 0 Å². The minimum atomic E-state index is 0.120. The normalized spacial score (nSPS) is 8.14. The molecular formula is C9H27ClGeSi3. The van der Waals surface area contributed by atoms with E-state index in [9.17, 15) is 0 Å². The van der Waals surface area contributed by atoms with Crippen LogP contribution < -0.4 is 0 Å². The number of rotatable bonds is 0. The molecule has 0 atom stereocenters. The summed E-state index contributed by atoms with van der Waals surface area (Å²) in [5.74, 6) is 0. The van der Waals surface area contributed by atoms with E-state index in [1.807, 2.05) is 0 Å². The molecule has 0 nitrogen and oxygen atoms in total. The molecule has 0 rings (SSSR count). The van der Waals surface area contributed by atoms with Crippen molar-refractivity contribution in [2.24, 2.45) is 0 Å². The molecule has 0 heterocycles. The zero-order valence-electron chi connectivity index (χ0n) is 11.4. The Morgan fingerprint density at radius 1 is 0.500 bits per heavy atom. The SMILES string of the molecule is C[Si](C)C.C[Si](C)C.C[Si](C)C.[Cl][Ge]. The van der Waals surface area contributed by atoms with Crippen molar-refractivity contribution in [3.8, 4) is 0 Å². The van der Waals surface area contributed by atoms with E-state index in [0.717, 1.165) is 0 Å². The Morgan fingerprint density at radius 3 is 0.500 bits per heavy atom. The Morgan fingerprint density at radius 2 is 0.500 bits per heavy atom. The molecule has 0 aliphatic carbocycles. The van der Waals surface area contributed by atoms with Gasteiger partial charge < -0.3 is 0 Å². The van der Waals surface area contributed by atoms with Crippen LogP contribution >= 0.6 is 10.0 Å². The molecule has 86 valence electrons. The molecule has 6 radical (unpaired) electrons. The molecular weight excluding hydrogens is 300 g/mol. The molecule has 0 aliphatic heterocycles. The van der Waals surface area contributed by atoms with Crippen molar-refractivity contribution in [2.75, 3.05) is 0 Å². The molecule has 0 amide bonds. The van der Waals surface area contributed by atoms with Crippen LogP contribution in [0.15, 0.2) is 0 Å². The van der Waals surface area contributed by atoms with Crippen molar-refractivity contribution in [1.29, 1.82) is 0 Å². The van der Waals surface area contributed by atoms with Gasteiger partial charge in [-0.2, -0.15) is 0 Å². The quantitative estimate of drug-likeness (QED) is 0.578. The van der Waals surface area contributed by atoms with Gasteiger partial charge in [-0.25, -0.2) is 0 Å². The van der Waals surface area contributed by atoms with E-state index < -0.39 is 0 Å². The summed E-state index contributed by atoms with van der Waals surface area (Å²) in [7, 11) is 5.00. The van der Waals surface area contributed by atoms with E-state index >= 15 is 0 Å². The van der Waals surface area contributed by atoms with E-state index in [2.05, 4.69) is 68.9 Å². The van der Waals surface area contributed by atoms with Crippen LogP contribution in [0.5, 0.6) is 0 Å². The van der Waals surface area contributed by atoms with E-state index in [0.29, 0.717) is 0 Å². The maximum absolute atomic E-state index is 4.64. The van der Waals surface area contributed by atoms with Gasteiger partial charge in [-0.1, -0.05) is 58.9 Å². The molecule has 0 saturated carbocycles. The third-order valence-electron chi connectivity index (χ3n) is 0. The molecule has 0 aliphatic rings. The fraction of sp³-hybridized carbons (Fsp3) is 1.00. The summed E-state index contributed by atoms with van der Waals surface area (Å²) in [6, 6.07) is 0. The van der Waals surface area contributed by atoms with E-state index in [4.69, 9.17) is 0 Å². The van der Waals surface area contributed by atoms with Gasteiger partial charge in [0.05, 0.1) is 0 Å². The maximum atomic E-state index is 4.64. The Hall–Kier alpha value is 1.48. The Kier molecular flexibility index (Phi) is 42.2. The summed E-state index contributed by atoms with van der Waals surface area (Å²) >= 11 is 1.47. The number of halogens is 1. The van der Waals surface area contributed by atoms with Crippen LogP contribution in [0, 0.1) is 0 Å². The first-order valence-corrected chi connectivity index (χ1v) is 16.4. The van der Waals surface area contributed by atoms with Crippen molar-refractivity contribution < 1.29 is 0 Å². The molecule has 0 aromatic rings. The third kappa shape index (κ3) is 955. The minimum absolute atomic E-state index is 0.120. The van der Waals surface area contributed by atoms with Gasteiger partial charge in [-0.3, -0.25) is 0 Å². The van der Waals surface area contributed by atoms with Crippen LogP contribution in [-0.2, 0) is 0 Å². The molecule has 0 unspecified atom stereocenters. The molecule has 0 bridgehead atoms. The zero-order chi connectivity index (χ0) is 12.7. The zero-order valence-corrected chi connectivity index (χ0v) is 17.2. The summed E-state index contributed by atoms with van der Waals surface area (Å²) < 4.78 is 0. The Bertz CT molecular complexity index is 48.5. The summed E-state index contributed by atoms with van der Waals surface area (Å²) in [5, 5.41) is 0. The fourth-order valence-electron chi connectivity index (χ4n) is 0. The van der Waals surface area contributed by atoms with Crippen LogP contribution in [0.25, 0.3) is 0 Å². The van der Waals surface area contributed by atoms with Gasteiger partial charge in [0.1, 0.15) is 0 Å². The first-order valence-electron chi connectivity index (χ1n) is 4.69. The standard InChI is InChI=1S/3C3H9Si.ClGe/c3*1-4(2)3;1-2/h3*1-3H3;. The van der Waals surface area contributed by atoms with Crippen molar-refractivity contribution >= 4 is 52.0 Å². The summed E-state index contributed by atoms with van der Waals surface area (Å²) in [5.41, 5.74) is 0. The van der Waals surface area contributed by atoms with Gasteiger partial charge in [0, 0.05) is 26.4 Å². The van der Waals surface area contributed by atoms with Crippen LogP contribution in [-0.4, -0.2) is 42.0 Å². The van der Waals surface area contributed by atoms with Crippen molar-refractivity contribution in [3.05, 3.63) is 0 Å². The van der Waals surface area contributed by atoms with E-state index in [1.165, 1.54) is 15.6 Å². The molecule has 0 fully saturated rings. The van der Waals surface area contributed by atoms with Gasteiger partial charge >= 0.3 is 25.6 Å². The van der Waals surface area contributed by atoms with Crippen molar-refractivity contribution in [2.45, 2.75) is 58.9 Å². The molecule has 0 N–H and O–H groups in total. The molecule has 0 aromatic heterocycles. The van der Waals surface area contributed by atoms with Gasteiger partial charge in [0.15, 0.2) is 0 Å². The molecule has 0 aromatic carbocycles. The van der Waals surface area contributed by atoms with Crippen molar-refractivity contribution in [1.82, 2.24) is 0 Å². The summed E-state index contributed by atoms with van der Waals surface area (Å²) in [6.07, 6.45) is 0. The first kappa shape index (κ1) is 24.6. The Labute approximate surface area is 110 Å². The van der Waals surface area contributed by atoms with Crippen LogP contribution in [0.2, 0.25) is 58.9 Å². The topological polar surface area (TPSA) is 0 Å². The van der Waals surface area contributed by atoms with Gasteiger partial charge in [-0.05, 0) is 0 Å². The average molecular weight is 328 g/mol. The predicted molar refractivity (Wildman–Crippen MR) is 81.6 cm³/mol. The molecule has 0 spiro atoms. The van der Waals surface area contributed by atoms with Crippen molar-refractivity contribution in [3.63, 3.8) is 0 Å². The second-order valence-electron chi connectivity index (χ2n) is 4.50. The van der Waals surface area contributed by atoms with Gasteiger partial charge in [0.2, 0.25) is 0 Å². The Balaban J connectivity index is -0.0000000492. The average Bonchev–Trinajstić information content (AvgIpc) is 1.86. The van der Waals surface area contributed by atoms with E-state index in [-0.39, 0.29) is 26.4 Å². The number of hydrogen-bond acceptors (Lipinski definition) is 0. The van der Waals surface area contributed by atoms with Gasteiger partial charge in [-0.15, -0.1) is 0 Å². The second-order valence-corrected chi connectivity index (χ2v) is 13.5. The molecule has 5 heteroatoms. The van der Waals surface area contributed by atoms with Crippen LogP contribution in [0.3, 0.4) is 0 Å². The van der Waals surface area contributed by atoms with Crippen LogP contribution in [0.4, 0.5) is 0 Å². The number of hydrogen-bond donors (Lipinski definition) is 0.